The Kier molecular flexibility index (Phi) is 2.85. The van der Waals surface area contributed by atoms with Crippen LogP contribution in [0.15, 0.2) is 12.3 Å². The maximum absolute atomic E-state index is 6.10. The molecule has 1 aliphatic carbocycles. The van der Waals surface area contributed by atoms with Gasteiger partial charge in [0, 0.05) is 17.3 Å². The van der Waals surface area contributed by atoms with Crippen LogP contribution < -0.4 is 10.5 Å². The maximum atomic E-state index is 6.10. The molecule has 0 aromatic carbocycles. The summed E-state index contributed by atoms with van der Waals surface area (Å²) in [5.41, 5.74) is 7.05. The van der Waals surface area contributed by atoms with Gasteiger partial charge in [-0.05, 0) is 31.7 Å². The molecule has 0 aliphatic heterocycles. The zero-order chi connectivity index (χ0) is 10.9. The van der Waals surface area contributed by atoms with Crippen molar-refractivity contribution < 1.29 is 4.74 Å². The molecule has 0 amide bonds. The van der Waals surface area contributed by atoms with E-state index >= 15 is 0 Å². The summed E-state index contributed by atoms with van der Waals surface area (Å²) in [5, 5.41) is 0.714. The Morgan fingerprint density at radius 3 is 2.93 bits per heavy atom. The van der Waals surface area contributed by atoms with Crippen LogP contribution in [0, 0.1) is 0 Å². The van der Waals surface area contributed by atoms with Gasteiger partial charge in [-0.3, -0.25) is 0 Å². The Labute approximate surface area is 94.6 Å². The average molecular weight is 227 g/mol. The van der Waals surface area contributed by atoms with Crippen molar-refractivity contribution in [3.8, 4) is 5.88 Å². The fraction of sp³-hybridized carbons (Fsp3) is 0.545. The van der Waals surface area contributed by atoms with Gasteiger partial charge in [-0.1, -0.05) is 11.6 Å². The van der Waals surface area contributed by atoms with Crippen molar-refractivity contribution in [2.24, 2.45) is 5.73 Å². The van der Waals surface area contributed by atoms with Gasteiger partial charge in [0.25, 0.3) is 0 Å². The molecule has 0 radical (unpaired) electrons. The van der Waals surface area contributed by atoms with E-state index in [1.165, 1.54) is 0 Å². The van der Waals surface area contributed by atoms with Crippen LogP contribution in [0.2, 0.25) is 5.02 Å². The summed E-state index contributed by atoms with van der Waals surface area (Å²) in [6, 6.07) is 1.79. The Hall–Kier alpha value is -0.800. The van der Waals surface area contributed by atoms with E-state index < -0.39 is 0 Å². The van der Waals surface area contributed by atoms with Crippen molar-refractivity contribution in [2.75, 3.05) is 7.11 Å². The first-order valence-corrected chi connectivity index (χ1v) is 5.49. The zero-order valence-electron chi connectivity index (χ0n) is 8.79. The maximum Gasteiger partial charge on any atom is 0.217 e. The first kappa shape index (κ1) is 10.7. The minimum Gasteiger partial charge on any atom is -0.481 e. The van der Waals surface area contributed by atoms with Crippen LogP contribution >= 0.6 is 11.6 Å². The standard InChI is InChI=1S/C11H15ClN2O/c1-15-10-8(9(12)3-7-14-10)2-4-11(13)5-6-11/h3,7H,2,4-6,13H2,1H3. The van der Waals surface area contributed by atoms with E-state index in [1.54, 1.807) is 19.4 Å². The smallest absolute Gasteiger partial charge is 0.217 e. The van der Waals surface area contributed by atoms with Crippen molar-refractivity contribution in [3.63, 3.8) is 0 Å². The number of hydrogen-bond acceptors (Lipinski definition) is 3. The highest BCUT2D eigenvalue weighted by Crippen LogP contribution is 2.38. The summed E-state index contributed by atoms with van der Waals surface area (Å²) in [6.45, 7) is 0. The lowest BCUT2D eigenvalue weighted by molar-refractivity contribution is 0.391. The van der Waals surface area contributed by atoms with E-state index in [0.29, 0.717) is 10.9 Å². The van der Waals surface area contributed by atoms with E-state index in [2.05, 4.69) is 4.98 Å². The lowest BCUT2D eigenvalue weighted by Gasteiger charge is -2.11. The van der Waals surface area contributed by atoms with Gasteiger partial charge in [0.15, 0.2) is 0 Å². The Morgan fingerprint density at radius 2 is 2.33 bits per heavy atom. The molecule has 15 heavy (non-hydrogen) atoms. The Bertz CT molecular complexity index is 364. The van der Waals surface area contributed by atoms with Crippen LogP contribution in [0.3, 0.4) is 0 Å². The SMILES string of the molecule is COc1nccc(Cl)c1CCC1(N)CC1. The van der Waals surface area contributed by atoms with Gasteiger partial charge in [0.2, 0.25) is 5.88 Å². The second-order valence-corrected chi connectivity index (χ2v) is 4.55. The molecule has 2 rings (SSSR count). The van der Waals surface area contributed by atoms with Gasteiger partial charge >= 0.3 is 0 Å². The van der Waals surface area contributed by atoms with Crippen molar-refractivity contribution in [1.82, 2.24) is 4.98 Å². The first-order chi connectivity index (χ1) is 7.14. The molecular formula is C11H15ClN2O. The molecule has 1 aliphatic rings. The number of halogens is 1. The highest BCUT2D eigenvalue weighted by Gasteiger charge is 2.37. The summed E-state index contributed by atoms with van der Waals surface area (Å²) in [7, 11) is 1.61. The average Bonchev–Trinajstić information content (AvgIpc) is 2.95. The van der Waals surface area contributed by atoms with E-state index in [9.17, 15) is 0 Å². The van der Waals surface area contributed by atoms with Crippen LogP contribution in [-0.2, 0) is 6.42 Å². The summed E-state index contributed by atoms with van der Waals surface area (Å²) in [6.07, 6.45) is 5.68. The molecule has 0 unspecified atom stereocenters. The Balaban J connectivity index is 2.11. The topological polar surface area (TPSA) is 48.1 Å². The second-order valence-electron chi connectivity index (χ2n) is 4.14. The van der Waals surface area contributed by atoms with Crippen LogP contribution in [0.5, 0.6) is 5.88 Å². The number of pyridine rings is 1. The zero-order valence-corrected chi connectivity index (χ0v) is 9.55. The highest BCUT2D eigenvalue weighted by molar-refractivity contribution is 6.31. The number of rotatable bonds is 4. The molecule has 1 fully saturated rings. The molecule has 1 saturated carbocycles. The normalized spacial score (nSPS) is 17.5. The monoisotopic (exact) mass is 226 g/mol. The van der Waals surface area contributed by atoms with Crippen LogP contribution in [0.4, 0.5) is 0 Å². The van der Waals surface area contributed by atoms with Gasteiger partial charge in [0.1, 0.15) is 0 Å². The summed E-state index contributed by atoms with van der Waals surface area (Å²) < 4.78 is 5.18. The predicted molar refractivity (Wildman–Crippen MR) is 60.3 cm³/mol. The van der Waals surface area contributed by atoms with Crippen molar-refractivity contribution in [1.29, 1.82) is 0 Å². The van der Waals surface area contributed by atoms with Crippen LogP contribution in [0.1, 0.15) is 24.8 Å². The summed E-state index contributed by atoms with van der Waals surface area (Å²) in [4.78, 5) is 4.13. The lowest BCUT2D eigenvalue weighted by atomic mass is 10.1. The van der Waals surface area contributed by atoms with Gasteiger partial charge in [-0.15, -0.1) is 0 Å². The molecule has 0 saturated heterocycles. The molecule has 0 atom stereocenters. The third-order valence-corrected chi connectivity index (χ3v) is 3.27. The molecule has 0 bridgehead atoms. The lowest BCUT2D eigenvalue weighted by Crippen LogP contribution is -2.22. The number of ether oxygens (including phenoxy) is 1. The molecule has 1 aromatic heterocycles. The summed E-state index contributed by atoms with van der Waals surface area (Å²) in [5.74, 6) is 0.617. The Morgan fingerprint density at radius 1 is 1.60 bits per heavy atom. The van der Waals surface area contributed by atoms with Crippen LogP contribution in [-0.4, -0.2) is 17.6 Å². The van der Waals surface area contributed by atoms with Crippen molar-refractivity contribution in [2.45, 2.75) is 31.2 Å². The van der Waals surface area contributed by atoms with E-state index in [-0.39, 0.29) is 5.54 Å². The molecule has 82 valence electrons. The molecule has 3 nitrogen and oxygen atoms in total. The molecule has 0 spiro atoms. The number of methoxy groups -OCH3 is 1. The molecule has 1 heterocycles. The third kappa shape index (κ3) is 2.41. The number of nitrogens with zero attached hydrogens (tertiary/aromatic N) is 1. The fourth-order valence-corrected chi connectivity index (χ4v) is 1.87. The quantitative estimate of drug-likeness (QED) is 0.856. The molecule has 2 N–H and O–H groups in total. The van der Waals surface area contributed by atoms with Gasteiger partial charge in [-0.25, -0.2) is 4.98 Å². The number of hydrogen-bond donors (Lipinski definition) is 1. The summed E-state index contributed by atoms with van der Waals surface area (Å²) >= 11 is 6.10. The predicted octanol–water partition coefficient (Wildman–Crippen LogP) is 2.17. The number of nitrogens with two attached hydrogens (primary N) is 1. The van der Waals surface area contributed by atoms with Crippen molar-refractivity contribution >= 4 is 11.6 Å². The van der Waals surface area contributed by atoms with Gasteiger partial charge < -0.3 is 10.5 Å². The van der Waals surface area contributed by atoms with Crippen LogP contribution in [0.25, 0.3) is 0 Å². The van der Waals surface area contributed by atoms with Crippen molar-refractivity contribution in [3.05, 3.63) is 22.8 Å². The highest BCUT2D eigenvalue weighted by atomic mass is 35.5. The van der Waals surface area contributed by atoms with E-state index in [1.807, 2.05) is 0 Å². The second kappa shape index (κ2) is 3.99. The molecule has 1 aromatic rings. The third-order valence-electron chi connectivity index (χ3n) is 2.92. The first-order valence-electron chi connectivity index (χ1n) is 5.11. The van der Waals surface area contributed by atoms with Gasteiger partial charge in [0.05, 0.1) is 12.1 Å². The minimum atomic E-state index is 0.0458. The molecule has 4 heteroatoms. The minimum absolute atomic E-state index is 0.0458. The van der Waals surface area contributed by atoms with E-state index in [4.69, 9.17) is 22.1 Å². The van der Waals surface area contributed by atoms with Gasteiger partial charge in [-0.2, -0.15) is 0 Å². The fourth-order valence-electron chi connectivity index (χ4n) is 1.64. The van der Waals surface area contributed by atoms with E-state index in [0.717, 1.165) is 31.2 Å². The molecular weight excluding hydrogens is 212 g/mol. The largest absolute Gasteiger partial charge is 0.481 e. The number of aromatic nitrogens is 1.